The van der Waals surface area contributed by atoms with Gasteiger partial charge in [-0.3, -0.25) is 4.79 Å². The number of pyridine rings is 1. The van der Waals surface area contributed by atoms with E-state index in [4.69, 9.17) is 11.6 Å². The molecule has 3 rings (SSSR count). The summed E-state index contributed by atoms with van der Waals surface area (Å²) in [7, 11) is 0. The zero-order valence-corrected chi connectivity index (χ0v) is 11.8. The van der Waals surface area contributed by atoms with E-state index >= 15 is 0 Å². The van der Waals surface area contributed by atoms with Gasteiger partial charge in [0.15, 0.2) is 0 Å². The monoisotopic (exact) mass is 287 g/mol. The Morgan fingerprint density at radius 3 is 2.70 bits per heavy atom. The Labute approximate surface area is 121 Å². The molecule has 4 nitrogen and oxygen atoms in total. The molecular formula is C15H14ClN3O. The average molecular weight is 288 g/mol. The van der Waals surface area contributed by atoms with Crippen molar-refractivity contribution in [3.05, 3.63) is 57.6 Å². The van der Waals surface area contributed by atoms with Crippen molar-refractivity contribution in [1.82, 2.24) is 14.8 Å². The van der Waals surface area contributed by atoms with Gasteiger partial charge in [-0.15, -0.1) is 0 Å². The SMILES string of the molecule is CCCc1c[nH]cc2c(=O)n(-c3ccc(Cl)cc3)nc1-2. The van der Waals surface area contributed by atoms with Gasteiger partial charge in [-0.25, -0.2) is 0 Å². The smallest absolute Gasteiger partial charge is 0.282 e. The molecule has 0 bridgehead atoms. The molecule has 1 N–H and O–H groups in total. The first kappa shape index (κ1) is 12.9. The second-order valence-electron chi connectivity index (χ2n) is 4.69. The summed E-state index contributed by atoms with van der Waals surface area (Å²) in [6, 6.07) is 7.08. The van der Waals surface area contributed by atoms with E-state index in [9.17, 15) is 4.79 Å². The fourth-order valence-electron chi connectivity index (χ4n) is 2.29. The van der Waals surface area contributed by atoms with Crippen molar-refractivity contribution in [3.8, 4) is 16.9 Å². The molecule has 5 heteroatoms. The number of aromatic amines is 1. The maximum atomic E-state index is 12.4. The van der Waals surface area contributed by atoms with Gasteiger partial charge >= 0.3 is 0 Å². The number of hydrogen-bond acceptors (Lipinski definition) is 2. The second-order valence-corrected chi connectivity index (χ2v) is 5.12. The van der Waals surface area contributed by atoms with Crippen LogP contribution in [0.4, 0.5) is 0 Å². The number of aryl methyl sites for hydroxylation is 1. The third-order valence-electron chi connectivity index (χ3n) is 3.26. The fraction of sp³-hybridized carbons (Fsp3) is 0.200. The van der Waals surface area contributed by atoms with Crippen molar-refractivity contribution in [3.63, 3.8) is 0 Å². The lowest BCUT2D eigenvalue weighted by Gasteiger charge is -2.02. The van der Waals surface area contributed by atoms with E-state index in [1.54, 1.807) is 30.5 Å². The lowest BCUT2D eigenvalue weighted by atomic mass is 10.1. The van der Waals surface area contributed by atoms with Gasteiger partial charge in [-0.05, 0) is 36.2 Å². The molecule has 0 unspecified atom stereocenters. The van der Waals surface area contributed by atoms with E-state index in [0.29, 0.717) is 10.6 Å². The van der Waals surface area contributed by atoms with Gasteiger partial charge in [-0.2, -0.15) is 9.78 Å². The fourth-order valence-corrected chi connectivity index (χ4v) is 2.42. The number of nitrogens with zero attached hydrogens (tertiary/aromatic N) is 2. The molecule has 0 atom stereocenters. The predicted octanol–water partition coefficient (Wildman–Crippen LogP) is 3.27. The Morgan fingerprint density at radius 2 is 2.00 bits per heavy atom. The Kier molecular flexibility index (Phi) is 3.32. The highest BCUT2D eigenvalue weighted by molar-refractivity contribution is 6.30. The van der Waals surface area contributed by atoms with Crippen molar-refractivity contribution in [2.24, 2.45) is 0 Å². The van der Waals surface area contributed by atoms with Gasteiger partial charge in [0.1, 0.15) is 5.69 Å². The molecule has 0 spiro atoms. The predicted molar refractivity (Wildman–Crippen MR) is 79.8 cm³/mol. The van der Waals surface area contributed by atoms with E-state index in [1.165, 1.54) is 4.68 Å². The highest BCUT2D eigenvalue weighted by Gasteiger charge is 2.18. The number of nitrogens with one attached hydrogen (secondary N) is 1. The maximum Gasteiger partial charge on any atom is 0.282 e. The number of halogens is 1. The van der Waals surface area contributed by atoms with Crippen molar-refractivity contribution >= 4 is 11.6 Å². The molecule has 0 saturated carbocycles. The molecule has 2 aliphatic rings. The summed E-state index contributed by atoms with van der Waals surface area (Å²) in [4.78, 5) is 15.4. The number of fused-ring (bicyclic) bond motifs is 1. The highest BCUT2D eigenvalue weighted by atomic mass is 35.5. The van der Waals surface area contributed by atoms with Crippen molar-refractivity contribution in [2.45, 2.75) is 19.8 Å². The van der Waals surface area contributed by atoms with Crippen LogP contribution in [0.25, 0.3) is 16.9 Å². The number of aromatic nitrogens is 3. The molecule has 0 aromatic heterocycles. The van der Waals surface area contributed by atoms with Gasteiger partial charge in [-0.1, -0.05) is 24.9 Å². The van der Waals surface area contributed by atoms with Gasteiger partial charge in [0.25, 0.3) is 5.56 Å². The lowest BCUT2D eigenvalue weighted by Crippen LogP contribution is -2.14. The maximum absolute atomic E-state index is 12.4. The van der Waals surface area contributed by atoms with Gasteiger partial charge < -0.3 is 4.98 Å². The highest BCUT2D eigenvalue weighted by Crippen LogP contribution is 2.22. The molecule has 0 fully saturated rings. The molecule has 1 aromatic carbocycles. The van der Waals surface area contributed by atoms with E-state index in [2.05, 4.69) is 17.0 Å². The van der Waals surface area contributed by atoms with Crippen LogP contribution in [0.1, 0.15) is 18.9 Å². The first-order valence-electron chi connectivity index (χ1n) is 6.55. The van der Waals surface area contributed by atoms with Crippen LogP contribution in [0.3, 0.4) is 0 Å². The van der Waals surface area contributed by atoms with Gasteiger partial charge in [0.2, 0.25) is 0 Å². The summed E-state index contributed by atoms with van der Waals surface area (Å²) in [6.07, 6.45) is 5.51. The first-order valence-corrected chi connectivity index (χ1v) is 6.93. The Balaban J connectivity index is 2.19. The van der Waals surface area contributed by atoms with Crippen LogP contribution < -0.4 is 5.56 Å². The number of hydrogen-bond donors (Lipinski definition) is 1. The Morgan fingerprint density at radius 1 is 1.25 bits per heavy atom. The van der Waals surface area contributed by atoms with Crippen LogP contribution in [0, 0.1) is 0 Å². The summed E-state index contributed by atoms with van der Waals surface area (Å²) in [5, 5.41) is 5.11. The molecule has 2 aliphatic heterocycles. The second kappa shape index (κ2) is 5.13. The minimum Gasteiger partial charge on any atom is -0.367 e. The van der Waals surface area contributed by atoms with E-state index in [0.717, 1.165) is 29.8 Å². The molecule has 1 aromatic rings. The summed E-state index contributed by atoms with van der Waals surface area (Å²) in [6.45, 7) is 2.10. The zero-order chi connectivity index (χ0) is 14.1. The van der Waals surface area contributed by atoms with E-state index in [-0.39, 0.29) is 5.56 Å². The summed E-state index contributed by atoms with van der Waals surface area (Å²) in [5.74, 6) is 0. The third kappa shape index (κ3) is 2.12. The van der Waals surface area contributed by atoms with Crippen molar-refractivity contribution in [1.29, 1.82) is 0 Å². The molecule has 20 heavy (non-hydrogen) atoms. The normalized spacial score (nSPS) is 11.1. The molecule has 0 amide bonds. The van der Waals surface area contributed by atoms with Gasteiger partial charge in [0.05, 0.1) is 11.3 Å². The number of H-pyrrole nitrogens is 1. The summed E-state index contributed by atoms with van der Waals surface area (Å²) < 4.78 is 1.42. The topological polar surface area (TPSA) is 50.7 Å². The van der Waals surface area contributed by atoms with Crippen molar-refractivity contribution in [2.75, 3.05) is 0 Å². The van der Waals surface area contributed by atoms with Crippen LogP contribution >= 0.6 is 11.6 Å². The molecule has 102 valence electrons. The standard InChI is InChI=1S/C15H14ClN3O/c1-2-3-10-8-17-9-13-14(10)18-19(15(13)20)12-6-4-11(16)5-7-12/h4-9,17H,2-3H2,1H3. The number of benzene rings is 1. The van der Waals surface area contributed by atoms with E-state index < -0.39 is 0 Å². The van der Waals surface area contributed by atoms with E-state index in [1.807, 2.05) is 6.20 Å². The summed E-state index contributed by atoms with van der Waals surface area (Å²) >= 11 is 5.87. The largest absolute Gasteiger partial charge is 0.367 e. The molecule has 2 heterocycles. The summed E-state index contributed by atoms with van der Waals surface area (Å²) in [5.41, 5.74) is 3.06. The van der Waals surface area contributed by atoms with Crippen LogP contribution in [-0.2, 0) is 6.42 Å². The van der Waals surface area contributed by atoms with Gasteiger partial charge in [0, 0.05) is 17.4 Å². The molecular weight excluding hydrogens is 274 g/mol. The average Bonchev–Trinajstić information content (AvgIpc) is 2.79. The zero-order valence-electron chi connectivity index (χ0n) is 11.1. The lowest BCUT2D eigenvalue weighted by molar-refractivity contribution is 0.846. The minimum absolute atomic E-state index is 0.114. The van der Waals surface area contributed by atoms with Crippen LogP contribution in [0.15, 0.2) is 41.5 Å². The van der Waals surface area contributed by atoms with Crippen LogP contribution in [-0.4, -0.2) is 14.8 Å². The van der Waals surface area contributed by atoms with Crippen LogP contribution in [0.2, 0.25) is 5.02 Å². The molecule has 0 aliphatic carbocycles. The Hall–Kier alpha value is -2.07. The molecule has 0 radical (unpaired) electrons. The third-order valence-corrected chi connectivity index (χ3v) is 3.51. The first-order chi connectivity index (χ1) is 9.70. The van der Waals surface area contributed by atoms with Crippen molar-refractivity contribution < 1.29 is 0 Å². The quantitative estimate of drug-likeness (QED) is 0.804. The Bertz CT molecular complexity index is 758. The number of rotatable bonds is 3. The van der Waals surface area contributed by atoms with Crippen LogP contribution in [0.5, 0.6) is 0 Å². The minimum atomic E-state index is -0.114. The molecule has 0 saturated heterocycles.